The minimum Gasteiger partial charge on any atom is -0.395 e. The second-order valence-electron chi connectivity index (χ2n) is 3.28. The highest BCUT2D eigenvalue weighted by Gasteiger charge is 2.26. The Kier molecular flexibility index (Phi) is 3.25. The number of aromatic nitrogens is 1. The number of pyridine rings is 1. The number of halogens is 1. The summed E-state index contributed by atoms with van der Waals surface area (Å²) in [6, 6.07) is 1.78. The minimum atomic E-state index is -0.472. The van der Waals surface area contributed by atoms with Gasteiger partial charge in [-0.15, -0.1) is 0 Å². The number of nitrogens with two attached hydrogens (primary N) is 1. The Balaban J connectivity index is 3.12. The second-order valence-corrected chi connectivity index (χ2v) is 3.69. The van der Waals surface area contributed by atoms with Gasteiger partial charge in [0.2, 0.25) is 0 Å². The van der Waals surface area contributed by atoms with Crippen molar-refractivity contribution in [3.8, 4) is 0 Å². The Labute approximate surface area is 82.5 Å². The smallest absolute Gasteiger partial charge is 0.0628 e. The molecule has 0 spiro atoms. The van der Waals surface area contributed by atoms with Crippen LogP contribution in [-0.4, -0.2) is 23.2 Å². The maximum absolute atomic E-state index is 9.20. The molecule has 0 aliphatic carbocycles. The Morgan fingerprint density at radius 3 is 2.85 bits per heavy atom. The van der Waals surface area contributed by atoms with Crippen molar-refractivity contribution < 1.29 is 5.11 Å². The zero-order chi connectivity index (χ0) is 9.90. The normalized spacial score (nSPS) is 15.4. The highest BCUT2D eigenvalue weighted by Crippen LogP contribution is 2.27. The molecule has 0 saturated heterocycles. The lowest BCUT2D eigenvalue weighted by Gasteiger charge is -2.26. The van der Waals surface area contributed by atoms with E-state index in [9.17, 15) is 5.11 Å². The molecule has 3 N–H and O–H groups in total. The van der Waals surface area contributed by atoms with Crippen molar-refractivity contribution in [1.29, 1.82) is 0 Å². The molecule has 0 fully saturated rings. The van der Waals surface area contributed by atoms with Crippen LogP contribution in [0.1, 0.15) is 12.5 Å². The van der Waals surface area contributed by atoms with E-state index in [4.69, 9.17) is 17.3 Å². The lowest BCUT2D eigenvalue weighted by atomic mass is 9.84. The summed E-state index contributed by atoms with van der Waals surface area (Å²) >= 11 is 5.94. The summed E-state index contributed by atoms with van der Waals surface area (Å²) in [5, 5.41) is 9.75. The average Bonchev–Trinajstić information content (AvgIpc) is 2.17. The lowest BCUT2D eigenvalue weighted by Crippen LogP contribution is -2.35. The molecule has 0 amide bonds. The fraction of sp³-hybridized carbons (Fsp3) is 0.444. The van der Waals surface area contributed by atoms with Gasteiger partial charge in [0.1, 0.15) is 0 Å². The first-order valence-electron chi connectivity index (χ1n) is 4.05. The van der Waals surface area contributed by atoms with Gasteiger partial charge in [0.05, 0.1) is 11.6 Å². The molecule has 1 aromatic rings. The van der Waals surface area contributed by atoms with E-state index >= 15 is 0 Å². The monoisotopic (exact) mass is 200 g/mol. The zero-order valence-electron chi connectivity index (χ0n) is 7.50. The summed E-state index contributed by atoms with van der Waals surface area (Å²) < 4.78 is 0. The molecule has 0 bridgehead atoms. The maximum atomic E-state index is 9.20. The summed E-state index contributed by atoms with van der Waals surface area (Å²) in [6.45, 7) is 2.20. The zero-order valence-corrected chi connectivity index (χ0v) is 8.25. The van der Waals surface area contributed by atoms with Crippen LogP contribution in [0.2, 0.25) is 5.02 Å². The number of aliphatic hydroxyl groups excluding tert-OH is 1. The van der Waals surface area contributed by atoms with Crippen molar-refractivity contribution in [3.05, 3.63) is 29.0 Å². The molecule has 13 heavy (non-hydrogen) atoms. The maximum Gasteiger partial charge on any atom is 0.0628 e. The van der Waals surface area contributed by atoms with Gasteiger partial charge in [0.15, 0.2) is 0 Å². The molecule has 0 aliphatic heterocycles. The van der Waals surface area contributed by atoms with Crippen molar-refractivity contribution in [2.75, 3.05) is 13.2 Å². The molecular formula is C9H13ClN2O. The van der Waals surface area contributed by atoms with E-state index in [0.717, 1.165) is 5.56 Å². The molecule has 4 heteroatoms. The van der Waals surface area contributed by atoms with E-state index in [-0.39, 0.29) is 6.61 Å². The number of aliphatic hydroxyl groups is 1. The van der Waals surface area contributed by atoms with Gasteiger partial charge in [0, 0.05) is 24.4 Å². The number of hydrogen-bond acceptors (Lipinski definition) is 3. The standard InChI is InChI=1S/C9H13ClN2O/c1-9(5-11,6-13)7-2-3-12-4-8(7)10/h2-4,13H,5-6,11H2,1H3. The predicted molar refractivity (Wildman–Crippen MR) is 52.7 cm³/mol. The third kappa shape index (κ3) is 1.99. The Bertz CT molecular complexity index is 287. The van der Waals surface area contributed by atoms with Crippen LogP contribution in [0.3, 0.4) is 0 Å². The molecule has 1 unspecified atom stereocenters. The van der Waals surface area contributed by atoms with Gasteiger partial charge in [-0.25, -0.2) is 0 Å². The first-order chi connectivity index (χ1) is 6.14. The Morgan fingerprint density at radius 2 is 2.38 bits per heavy atom. The molecule has 0 saturated carbocycles. The minimum absolute atomic E-state index is 0.0206. The van der Waals surface area contributed by atoms with Crippen LogP contribution < -0.4 is 5.73 Å². The van der Waals surface area contributed by atoms with Crippen LogP contribution >= 0.6 is 11.6 Å². The van der Waals surface area contributed by atoms with E-state index in [1.54, 1.807) is 18.5 Å². The molecule has 0 aliphatic rings. The van der Waals surface area contributed by atoms with Crippen molar-refractivity contribution in [1.82, 2.24) is 4.98 Å². The molecule has 1 rings (SSSR count). The Morgan fingerprint density at radius 1 is 1.69 bits per heavy atom. The fourth-order valence-corrected chi connectivity index (χ4v) is 1.47. The van der Waals surface area contributed by atoms with Crippen molar-refractivity contribution in [2.24, 2.45) is 5.73 Å². The van der Waals surface area contributed by atoms with Crippen LogP contribution in [0, 0.1) is 0 Å². The van der Waals surface area contributed by atoms with E-state index in [1.807, 2.05) is 6.92 Å². The highest BCUT2D eigenvalue weighted by atomic mass is 35.5. The third-order valence-electron chi connectivity index (χ3n) is 2.22. The van der Waals surface area contributed by atoms with Crippen molar-refractivity contribution in [2.45, 2.75) is 12.3 Å². The molecule has 3 nitrogen and oxygen atoms in total. The number of rotatable bonds is 3. The van der Waals surface area contributed by atoms with Gasteiger partial charge in [-0.2, -0.15) is 0 Å². The number of nitrogens with zero attached hydrogens (tertiary/aromatic N) is 1. The van der Waals surface area contributed by atoms with Gasteiger partial charge in [-0.3, -0.25) is 4.98 Å². The van der Waals surface area contributed by atoms with Gasteiger partial charge in [-0.1, -0.05) is 18.5 Å². The second kappa shape index (κ2) is 4.05. The molecule has 1 aromatic heterocycles. The Hall–Kier alpha value is -0.640. The summed E-state index contributed by atoms with van der Waals surface area (Å²) in [5.74, 6) is 0. The number of hydrogen-bond donors (Lipinski definition) is 2. The first-order valence-corrected chi connectivity index (χ1v) is 4.43. The molecule has 1 atom stereocenters. The van der Waals surface area contributed by atoms with Gasteiger partial charge < -0.3 is 10.8 Å². The van der Waals surface area contributed by atoms with Gasteiger partial charge in [-0.05, 0) is 11.6 Å². The van der Waals surface area contributed by atoms with E-state index in [0.29, 0.717) is 11.6 Å². The predicted octanol–water partition coefficient (Wildman–Crippen LogP) is 0.944. The lowest BCUT2D eigenvalue weighted by molar-refractivity contribution is 0.210. The van der Waals surface area contributed by atoms with Gasteiger partial charge in [0.25, 0.3) is 0 Å². The molecule has 0 aromatic carbocycles. The largest absolute Gasteiger partial charge is 0.395 e. The van der Waals surface area contributed by atoms with E-state index in [1.165, 1.54) is 0 Å². The van der Waals surface area contributed by atoms with Crippen LogP contribution in [0.5, 0.6) is 0 Å². The fourth-order valence-electron chi connectivity index (χ4n) is 1.12. The van der Waals surface area contributed by atoms with Gasteiger partial charge >= 0.3 is 0 Å². The van der Waals surface area contributed by atoms with Crippen molar-refractivity contribution >= 4 is 11.6 Å². The van der Waals surface area contributed by atoms with Crippen LogP contribution in [0.25, 0.3) is 0 Å². The first kappa shape index (κ1) is 10.4. The summed E-state index contributed by atoms with van der Waals surface area (Å²) in [6.07, 6.45) is 3.20. The quantitative estimate of drug-likeness (QED) is 0.764. The van der Waals surface area contributed by atoms with E-state index < -0.39 is 5.41 Å². The summed E-state index contributed by atoms with van der Waals surface area (Å²) in [7, 11) is 0. The molecule has 72 valence electrons. The average molecular weight is 201 g/mol. The SMILES string of the molecule is CC(CN)(CO)c1ccncc1Cl. The third-order valence-corrected chi connectivity index (χ3v) is 2.52. The van der Waals surface area contributed by atoms with E-state index in [2.05, 4.69) is 4.98 Å². The molecular weight excluding hydrogens is 188 g/mol. The van der Waals surface area contributed by atoms with Crippen molar-refractivity contribution in [3.63, 3.8) is 0 Å². The summed E-state index contributed by atoms with van der Waals surface area (Å²) in [4.78, 5) is 3.87. The summed E-state index contributed by atoms with van der Waals surface area (Å²) in [5.41, 5.74) is 5.95. The van der Waals surface area contributed by atoms with Crippen LogP contribution in [0.4, 0.5) is 0 Å². The molecule has 0 radical (unpaired) electrons. The topological polar surface area (TPSA) is 59.1 Å². The van der Waals surface area contributed by atoms with Crippen LogP contribution in [0.15, 0.2) is 18.5 Å². The highest BCUT2D eigenvalue weighted by molar-refractivity contribution is 6.31. The van der Waals surface area contributed by atoms with Crippen LogP contribution in [-0.2, 0) is 5.41 Å². The molecule has 1 heterocycles.